The molecule has 96 valence electrons. The molecule has 19 heavy (non-hydrogen) atoms. The molecule has 1 N–H and O–H groups in total. The van der Waals surface area contributed by atoms with Crippen molar-refractivity contribution in [2.45, 2.75) is 6.54 Å². The lowest BCUT2D eigenvalue weighted by Crippen LogP contribution is -2.04. The molecule has 3 aromatic rings. The van der Waals surface area contributed by atoms with Gasteiger partial charge in [-0.15, -0.1) is 0 Å². The number of nitrogens with zero attached hydrogens (tertiary/aromatic N) is 3. The molecule has 3 heterocycles. The van der Waals surface area contributed by atoms with Crippen molar-refractivity contribution in [3.63, 3.8) is 0 Å². The van der Waals surface area contributed by atoms with Crippen molar-refractivity contribution in [3.8, 4) is 0 Å². The van der Waals surface area contributed by atoms with Gasteiger partial charge in [0.15, 0.2) is 0 Å². The standard InChI is InChI=1S/C13H10BrFN4/c14-9-1-4-13-18-7-11(19(13)8-9)6-17-12-3-2-10(15)5-16-12/h1-5,7-8H,6H2,(H,16,17). The second-order valence-corrected chi connectivity index (χ2v) is 4.96. The van der Waals surface area contributed by atoms with Gasteiger partial charge in [-0.25, -0.2) is 14.4 Å². The summed E-state index contributed by atoms with van der Waals surface area (Å²) in [4.78, 5) is 8.26. The molecule has 0 fully saturated rings. The van der Waals surface area contributed by atoms with Crippen molar-refractivity contribution >= 4 is 27.4 Å². The maximum Gasteiger partial charge on any atom is 0.141 e. The molecule has 0 saturated carbocycles. The maximum atomic E-state index is 12.7. The van der Waals surface area contributed by atoms with Crippen molar-refractivity contribution in [1.82, 2.24) is 14.4 Å². The quantitative estimate of drug-likeness (QED) is 0.805. The van der Waals surface area contributed by atoms with Crippen molar-refractivity contribution in [2.24, 2.45) is 0 Å². The summed E-state index contributed by atoms with van der Waals surface area (Å²) in [6, 6.07) is 6.86. The number of rotatable bonds is 3. The van der Waals surface area contributed by atoms with Crippen molar-refractivity contribution in [3.05, 3.63) is 58.8 Å². The van der Waals surface area contributed by atoms with E-state index in [2.05, 4.69) is 31.2 Å². The number of nitrogens with one attached hydrogen (secondary N) is 1. The summed E-state index contributed by atoms with van der Waals surface area (Å²) in [5.41, 5.74) is 1.88. The Bertz CT molecular complexity index is 708. The zero-order valence-electron chi connectivity index (χ0n) is 9.85. The molecule has 0 aliphatic carbocycles. The van der Waals surface area contributed by atoms with Crippen LogP contribution in [0, 0.1) is 5.82 Å². The molecule has 4 nitrogen and oxygen atoms in total. The highest BCUT2D eigenvalue weighted by molar-refractivity contribution is 9.10. The van der Waals surface area contributed by atoms with Gasteiger partial charge in [0.1, 0.15) is 17.3 Å². The Labute approximate surface area is 117 Å². The summed E-state index contributed by atoms with van der Waals surface area (Å²) < 4.78 is 15.7. The number of aromatic nitrogens is 3. The maximum absolute atomic E-state index is 12.7. The van der Waals surface area contributed by atoms with E-state index < -0.39 is 0 Å². The van der Waals surface area contributed by atoms with Crippen molar-refractivity contribution in [2.75, 3.05) is 5.32 Å². The fraction of sp³-hybridized carbons (Fsp3) is 0.0769. The van der Waals surface area contributed by atoms with Crippen LogP contribution in [0.2, 0.25) is 0 Å². The van der Waals surface area contributed by atoms with Crippen LogP contribution < -0.4 is 5.32 Å². The average Bonchev–Trinajstić information content (AvgIpc) is 2.80. The first-order chi connectivity index (χ1) is 9.22. The largest absolute Gasteiger partial charge is 0.364 e. The molecule has 0 atom stereocenters. The molecular weight excluding hydrogens is 311 g/mol. The van der Waals surface area contributed by atoms with Gasteiger partial charge in [-0.3, -0.25) is 0 Å². The van der Waals surface area contributed by atoms with E-state index in [1.807, 2.05) is 22.7 Å². The van der Waals surface area contributed by atoms with Crippen molar-refractivity contribution in [1.29, 1.82) is 0 Å². The number of halogens is 2. The highest BCUT2D eigenvalue weighted by Gasteiger charge is 2.03. The van der Waals surface area contributed by atoms with Gasteiger partial charge >= 0.3 is 0 Å². The van der Waals surface area contributed by atoms with E-state index in [0.717, 1.165) is 15.8 Å². The van der Waals surface area contributed by atoms with E-state index in [1.54, 1.807) is 12.3 Å². The summed E-state index contributed by atoms with van der Waals surface area (Å²) in [5.74, 6) is 0.288. The van der Waals surface area contributed by atoms with Gasteiger partial charge in [0.05, 0.1) is 24.6 Å². The Morgan fingerprint density at radius 3 is 2.84 bits per heavy atom. The molecule has 0 aliphatic heterocycles. The molecule has 0 radical (unpaired) electrons. The van der Waals surface area contributed by atoms with Crippen molar-refractivity contribution < 1.29 is 4.39 Å². The fourth-order valence-corrected chi connectivity index (χ4v) is 2.13. The summed E-state index contributed by atoms with van der Waals surface area (Å²) in [5, 5.41) is 3.13. The number of hydrogen-bond acceptors (Lipinski definition) is 3. The van der Waals surface area contributed by atoms with E-state index in [4.69, 9.17) is 0 Å². The molecule has 6 heteroatoms. The van der Waals surface area contributed by atoms with E-state index in [-0.39, 0.29) is 5.82 Å². The van der Waals surface area contributed by atoms with Gasteiger partial charge in [-0.2, -0.15) is 0 Å². The number of pyridine rings is 2. The average molecular weight is 321 g/mol. The summed E-state index contributed by atoms with van der Waals surface area (Å²) >= 11 is 3.43. The Hall–Kier alpha value is -1.95. The van der Waals surface area contributed by atoms with E-state index >= 15 is 0 Å². The molecule has 0 aromatic carbocycles. The minimum absolute atomic E-state index is 0.343. The SMILES string of the molecule is Fc1ccc(NCc2cnc3ccc(Br)cn23)nc1. The first-order valence-electron chi connectivity index (χ1n) is 5.69. The number of hydrogen-bond donors (Lipinski definition) is 1. The van der Waals surface area contributed by atoms with E-state index in [1.165, 1.54) is 12.3 Å². The minimum Gasteiger partial charge on any atom is -0.364 e. The first-order valence-corrected chi connectivity index (χ1v) is 6.48. The smallest absolute Gasteiger partial charge is 0.141 e. The molecule has 0 aliphatic rings. The lowest BCUT2D eigenvalue weighted by molar-refractivity contribution is 0.621. The van der Waals surface area contributed by atoms with Gasteiger partial charge in [0.2, 0.25) is 0 Å². The molecule has 0 bridgehead atoms. The predicted octanol–water partition coefficient (Wildman–Crippen LogP) is 3.24. The van der Waals surface area contributed by atoms with Crippen LogP contribution in [0.15, 0.2) is 47.3 Å². The lowest BCUT2D eigenvalue weighted by Gasteiger charge is -2.05. The number of imidazole rings is 1. The van der Waals surface area contributed by atoms with Crippen LogP contribution in [0.4, 0.5) is 10.2 Å². The lowest BCUT2D eigenvalue weighted by atomic mass is 10.4. The van der Waals surface area contributed by atoms with Crippen LogP contribution in [0.5, 0.6) is 0 Å². The molecule has 3 rings (SSSR count). The number of anilines is 1. The molecule has 0 amide bonds. The minimum atomic E-state index is -0.343. The van der Waals surface area contributed by atoms with Gasteiger partial charge in [0.25, 0.3) is 0 Å². The molecule has 0 saturated heterocycles. The predicted molar refractivity (Wildman–Crippen MR) is 74.4 cm³/mol. The first kappa shape index (κ1) is 12.1. The zero-order valence-corrected chi connectivity index (χ0v) is 11.4. The third-order valence-corrected chi connectivity index (χ3v) is 3.19. The summed E-state index contributed by atoms with van der Waals surface area (Å²) in [6.07, 6.45) is 4.95. The fourth-order valence-electron chi connectivity index (χ4n) is 1.80. The summed E-state index contributed by atoms with van der Waals surface area (Å²) in [7, 11) is 0. The second kappa shape index (κ2) is 4.97. The normalized spacial score (nSPS) is 10.8. The van der Waals surface area contributed by atoms with Gasteiger partial charge in [-0.1, -0.05) is 0 Å². The molecule has 0 unspecified atom stereocenters. The Kier molecular flexibility index (Phi) is 3.16. The Morgan fingerprint density at radius 2 is 2.05 bits per heavy atom. The Balaban J connectivity index is 1.81. The van der Waals surface area contributed by atoms with E-state index in [0.29, 0.717) is 12.4 Å². The highest BCUT2D eigenvalue weighted by Crippen LogP contribution is 2.14. The van der Waals surface area contributed by atoms with Crippen LogP contribution in [0.1, 0.15) is 5.69 Å². The zero-order chi connectivity index (χ0) is 13.2. The second-order valence-electron chi connectivity index (χ2n) is 4.04. The van der Waals surface area contributed by atoms with Gasteiger partial charge in [-0.05, 0) is 40.2 Å². The van der Waals surface area contributed by atoms with Crippen LogP contribution in [0.3, 0.4) is 0 Å². The van der Waals surface area contributed by atoms with E-state index in [9.17, 15) is 4.39 Å². The monoisotopic (exact) mass is 320 g/mol. The molecular formula is C13H10BrFN4. The van der Waals surface area contributed by atoms with Crippen LogP contribution in [0.25, 0.3) is 5.65 Å². The highest BCUT2D eigenvalue weighted by atomic mass is 79.9. The van der Waals surface area contributed by atoms with Gasteiger partial charge in [0, 0.05) is 10.7 Å². The van der Waals surface area contributed by atoms with Crippen LogP contribution >= 0.6 is 15.9 Å². The topological polar surface area (TPSA) is 42.2 Å². The van der Waals surface area contributed by atoms with Crippen LogP contribution in [-0.4, -0.2) is 14.4 Å². The van der Waals surface area contributed by atoms with Gasteiger partial charge < -0.3 is 9.72 Å². The molecule has 0 spiro atoms. The third-order valence-electron chi connectivity index (χ3n) is 2.72. The third kappa shape index (κ3) is 2.58. The Morgan fingerprint density at radius 1 is 1.16 bits per heavy atom. The summed E-state index contributed by atoms with van der Waals surface area (Å²) in [6.45, 7) is 0.566. The number of fused-ring (bicyclic) bond motifs is 1. The molecule has 3 aromatic heterocycles. The van der Waals surface area contributed by atoms with Crippen LogP contribution in [-0.2, 0) is 6.54 Å².